The molecule has 0 saturated carbocycles. The van der Waals surface area contributed by atoms with Crippen molar-refractivity contribution in [3.8, 4) is 5.75 Å². The Kier molecular flexibility index (Phi) is 6.69. The van der Waals surface area contributed by atoms with E-state index in [2.05, 4.69) is 37.3 Å². The van der Waals surface area contributed by atoms with Crippen molar-refractivity contribution in [1.82, 2.24) is 0 Å². The van der Waals surface area contributed by atoms with E-state index in [0.29, 0.717) is 6.42 Å². The van der Waals surface area contributed by atoms with Crippen LogP contribution in [0.4, 0.5) is 0 Å². The quantitative estimate of drug-likeness (QED) is 0.255. The lowest BCUT2D eigenvalue weighted by atomic mass is 10.0. The maximum atomic E-state index is 12.2. The van der Waals surface area contributed by atoms with Gasteiger partial charge >= 0.3 is 5.97 Å². The highest BCUT2D eigenvalue weighted by Crippen LogP contribution is 2.31. The molecule has 0 aliphatic heterocycles. The first-order chi connectivity index (χ1) is 13.2. The molecule has 0 aliphatic carbocycles. The number of hydrogen-bond donors (Lipinski definition) is 0. The molecular weight excluding hydrogens is 336 g/mol. The summed E-state index contributed by atoms with van der Waals surface area (Å²) < 4.78 is 11.1. The number of esters is 1. The highest BCUT2D eigenvalue weighted by molar-refractivity contribution is 6.01. The number of hydrogen-bond acceptors (Lipinski definition) is 3. The topological polar surface area (TPSA) is 35.5 Å². The van der Waals surface area contributed by atoms with Gasteiger partial charge in [0.25, 0.3) is 0 Å². The van der Waals surface area contributed by atoms with Gasteiger partial charge in [0.15, 0.2) is 6.10 Å². The molecule has 3 aromatic carbocycles. The molecule has 27 heavy (non-hydrogen) atoms. The van der Waals surface area contributed by atoms with Crippen molar-refractivity contribution in [2.75, 3.05) is 7.11 Å². The summed E-state index contributed by atoms with van der Waals surface area (Å²) in [5, 5.41) is 4.49. The minimum atomic E-state index is -0.561. The van der Waals surface area contributed by atoms with Crippen LogP contribution in [-0.2, 0) is 9.53 Å². The normalized spacial score (nSPS) is 12.2. The van der Waals surface area contributed by atoms with Gasteiger partial charge in [-0.1, -0.05) is 69.0 Å². The molecule has 3 nitrogen and oxygen atoms in total. The fourth-order valence-electron chi connectivity index (χ4n) is 3.48. The molecule has 0 fully saturated rings. The predicted molar refractivity (Wildman–Crippen MR) is 111 cm³/mol. The van der Waals surface area contributed by atoms with Crippen molar-refractivity contribution in [1.29, 1.82) is 0 Å². The number of ether oxygens (including phenoxy) is 2. The molecule has 0 amide bonds. The van der Waals surface area contributed by atoms with Crippen LogP contribution < -0.4 is 4.74 Å². The molecule has 0 radical (unpaired) electrons. The zero-order valence-corrected chi connectivity index (χ0v) is 16.2. The van der Waals surface area contributed by atoms with Gasteiger partial charge in [-0.25, -0.2) is 4.79 Å². The second-order valence-corrected chi connectivity index (χ2v) is 7.01. The molecule has 0 saturated heterocycles. The summed E-state index contributed by atoms with van der Waals surface area (Å²) >= 11 is 0. The predicted octanol–water partition coefficient (Wildman–Crippen LogP) is 6.27. The Morgan fingerprint density at radius 1 is 0.889 bits per heavy atom. The number of unbranched alkanes of at least 4 members (excludes halogenated alkanes) is 4. The van der Waals surface area contributed by atoms with Crippen molar-refractivity contribution in [2.45, 2.75) is 51.6 Å². The van der Waals surface area contributed by atoms with Gasteiger partial charge in [-0.05, 0) is 47.2 Å². The van der Waals surface area contributed by atoms with Gasteiger partial charge in [0.2, 0.25) is 0 Å². The standard InChI is InChI=1S/C24H28O3/c1-3-4-5-6-7-14-23(24(25)26-2)27-22-15-10-13-20-16-18-11-8-9-12-19(18)17-21(20)22/h8-13,15-17,23H,3-7,14H2,1-2H3. The van der Waals surface area contributed by atoms with E-state index in [9.17, 15) is 4.79 Å². The Morgan fingerprint density at radius 3 is 2.33 bits per heavy atom. The van der Waals surface area contributed by atoms with Crippen LogP contribution in [0.15, 0.2) is 54.6 Å². The average molecular weight is 364 g/mol. The van der Waals surface area contributed by atoms with Crippen molar-refractivity contribution in [3.63, 3.8) is 0 Å². The van der Waals surface area contributed by atoms with Gasteiger partial charge in [0.1, 0.15) is 5.75 Å². The zero-order chi connectivity index (χ0) is 19.1. The average Bonchev–Trinajstić information content (AvgIpc) is 2.70. The van der Waals surface area contributed by atoms with Gasteiger partial charge < -0.3 is 9.47 Å². The SMILES string of the molecule is CCCCCCCC(Oc1cccc2cc3ccccc3cc12)C(=O)OC. The van der Waals surface area contributed by atoms with Gasteiger partial charge in [0, 0.05) is 5.39 Å². The molecule has 3 heteroatoms. The molecule has 0 N–H and O–H groups in total. The maximum absolute atomic E-state index is 12.2. The van der Waals surface area contributed by atoms with E-state index in [0.717, 1.165) is 34.7 Å². The molecule has 3 rings (SSSR count). The molecule has 0 aliphatic rings. The van der Waals surface area contributed by atoms with E-state index < -0.39 is 6.10 Å². The third-order valence-corrected chi connectivity index (χ3v) is 5.01. The summed E-state index contributed by atoms with van der Waals surface area (Å²) in [5.41, 5.74) is 0. The van der Waals surface area contributed by atoms with Crippen molar-refractivity contribution >= 4 is 27.5 Å². The van der Waals surface area contributed by atoms with E-state index >= 15 is 0 Å². The van der Waals surface area contributed by atoms with Crippen molar-refractivity contribution in [3.05, 3.63) is 54.6 Å². The summed E-state index contributed by atoms with van der Waals surface area (Å²) in [6, 6.07) is 18.6. The molecule has 0 aromatic heterocycles. The highest BCUT2D eigenvalue weighted by atomic mass is 16.6. The first-order valence-corrected chi connectivity index (χ1v) is 9.89. The lowest BCUT2D eigenvalue weighted by molar-refractivity contribution is -0.149. The molecular formula is C24H28O3. The summed E-state index contributed by atoms with van der Waals surface area (Å²) in [6.45, 7) is 2.20. The van der Waals surface area contributed by atoms with Crippen LogP contribution in [-0.4, -0.2) is 19.2 Å². The smallest absolute Gasteiger partial charge is 0.347 e. The van der Waals surface area contributed by atoms with Gasteiger partial charge in [-0.3, -0.25) is 0 Å². The second-order valence-electron chi connectivity index (χ2n) is 7.01. The van der Waals surface area contributed by atoms with Gasteiger partial charge in [-0.2, -0.15) is 0 Å². The number of methoxy groups -OCH3 is 1. The number of carbonyl (C=O) groups excluding carboxylic acids is 1. The Hall–Kier alpha value is -2.55. The van der Waals surface area contributed by atoms with Crippen molar-refractivity contribution < 1.29 is 14.3 Å². The number of fused-ring (bicyclic) bond motifs is 2. The van der Waals surface area contributed by atoms with Crippen LogP contribution in [0.1, 0.15) is 45.4 Å². The number of rotatable bonds is 9. The lowest BCUT2D eigenvalue weighted by Crippen LogP contribution is -2.28. The fourth-order valence-corrected chi connectivity index (χ4v) is 3.48. The molecule has 0 bridgehead atoms. The Bertz CT molecular complexity index is 900. The lowest BCUT2D eigenvalue weighted by Gasteiger charge is -2.18. The van der Waals surface area contributed by atoms with Crippen LogP contribution >= 0.6 is 0 Å². The maximum Gasteiger partial charge on any atom is 0.347 e. The molecule has 1 atom stereocenters. The summed E-state index contributed by atoms with van der Waals surface area (Å²) in [5.74, 6) is 0.436. The van der Waals surface area contributed by atoms with Crippen LogP contribution in [0, 0.1) is 0 Å². The molecule has 1 unspecified atom stereocenters. The van der Waals surface area contributed by atoms with Gasteiger partial charge in [-0.15, -0.1) is 0 Å². The van der Waals surface area contributed by atoms with E-state index in [-0.39, 0.29) is 5.97 Å². The summed E-state index contributed by atoms with van der Waals surface area (Å²) in [6.07, 6.45) is 5.85. The van der Waals surface area contributed by atoms with E-state index in [1.165, 1.54) is 31.8 Å². The van der Waals surface area contributed by atoms with E-state index in [4.69, 9.17) is 9.47 Å². The number of carbonyl (C=O) groups is 1. The zero-order valence-electron chi connectivity index (χ0n) is 16.2. The van der Waals surface area contributed by atoms with Crippen LogP contribution in [0.25, 0.3) is 21.5 Å². The minimum absolute atomic E-state index is 0.303. The Balaban J connectivity index is 1.83. The molecule has 142 valence electrons. The summed E-state index contributed by atoms with van der Waals surface area (Å²) in [7, 11) is 1.42. The van der Waals surface area contributed by atoms with E-state index in [1.54, 1.807) is 0 Å². The van der Waals surface area contributed by atoms with Crippen molar-refractivity contribution in [2.24, 2.45) is 0 Å². The van der Waals surface area contributed by atoms with Gasteiger partial charge in [0.05, 0.1) is 7.11 Å². The summed E-state index contributed by atoms with van der Waals surface area (Å²) in [4.78, 5) is 12.2. The first kappa shape index (κ1) is 19.2. The third kappa shape index (κ3) is 4.79. The second kappa shape index (κ2) is 9.40. The first-order valence-electron chi connectivity index (χ1n) is 9.89. The number of benzene rings is 3. The Morgan fingerprint density at radius 2 is 1.59 bits per heavy atom. The fraction of sp³-hybridized carbons (Fsp3) is 0.375. The Labute approximate surface area is 161 Å². The van der Waals surface area contributed by atoms with Crippen LogP contribution in [0.2, 0.25) is 0 Å². The monoisotopic (exact) mass is 364 g/mol. The molecule has 3 aromatic rings. The third-order valence-electron chi connectivity index (χ3n) is 5.01. The van der Waals surface area contributed by atoms with Crippen LogP contribution in [0.5, 0.6) is 5.75 Å². The minimum Gasteiger partial charge on any atom is -0.478 e. The van der Waals surface area contributed by atoms with E-state index in [1.807, 2.05) is 24.3 Å². The van der Waals surface area contributed by atoms with Crippen LogP contribution in [0.3, 0.4) is 0 Å². The largest absolute Gasteiger partial charge is 0.478 e. The molecule has 0 heterocycles. The molecule has 0 spiro atoms. The highest BCUT2D eigenvalue weighted by Gasteiger charge is 2.21.